The van der Waals surface area contributed by atoms with Crippen LogP contribution in [0.2, 0.25) is 5.02 Å². The smallest absolute Gasteiger partial charge is 0.207 e. The van der Waals surface area contributed by atoms with Crippen LogP contribution >= 0.6 is 11.6 Å². The Morgan fingerprint density at radius 2 is 1.26 bits per heavy atom. The van der Waals surface area contributed by atoms with Crippen molar-refractivity contribution in [3.05, 3.63) is 62.7 Å². The molecule has 0 heterocycles. The van der Waals surface area contributed by atoms with Gasteiger partial charge in [-0.2, -0.15) is 0 Å². The van der Waals surface area contributed by atoms with Gasteiger partial charge in [-0.05, 0) is 80.1 Å². The lowest BCUT2D eigenvalue weighted by molar-refractivity contribution is 0.579. The second-order valence-electron chi connectivity index (χ2n) is 5.91. The second kappa shape index (κ2) is 6.63. The molecule has 2 aromatic carbocycles. The minimum absolute atomic E-state index is 0.240. The van der Waals surface area contributed by atoms with Crippen LogP contribution in [0.15, 0.2) is 29.2 Å². The number of hydrogen-bond acceptors (Lipinski definition) is 2. The highest BCUT2D eigenvalue weighted by molar-refractivity contribution is 7.89. The molecule has 1 N–H and O–H groups in total. The molecule has 23 heavy (non-hydrogen) atoms. The molecule has 0 spiro atoms. The van der Waals surface area contributed by atoms with Crippen LogP contribution in [0.25, 0.3) is 0 Å². The summed E-state index contributed by atoms with van der Waals surface area (Å²) >= 11 is 5.85. The lowest BCUT2D eigenvalue weighted by Gasteiger charge is -2.19. The average molecular weight is 352 g/mol. The van der Waals surface area contributed by atoms with E-state index in [2.05, 4.69) is 4.72 Å². The van der Waals surface area contributed by atoms with Gasteiger partial charge in [0.15, 0.2) is 0 Å². The summed E-state index contributed by atoms with van der Waals surface area (Å²) in [4.78, 5) is 0.395. The average Bonchev–Trinajstić information content (AvgIpc) is 2.50. The molecule has 0 aromatic heterocycles. The van der Waals surface area contributed by atoms with Gasteiger partial charge < -0.3 is 0 Å². The third-order valence-electron chi connectivity index (χ3n) is 4.58. The molecular formula is C18H22ClNO2S. The van der Waals surface area contributed by atoms with Crippen molar-refractivity contribution in [2.75, 3.05) is 0 Å². The molecule has 0 amide bonds. The molecule has 0 saturated carbocycles. The topological polar surface area (TPSA) is 46.2 Å². The first-order valence-electron chi connectivity index (χ1n) is 7.46. The van der Waals surface area contributed by atoms with Crippen molar-refractivity contribution in [2.24, 2.45) is 0 Å². The second-order valence-corrected chi connectivity index (χ2v) is 8.05. The molecule has 0 saturated heterocycles. The summed E-state index contributed by atoms with van der Waals surface area (Å²) in [5, 5.41) is 0.632. The first-order valence-corrected chi connectivity index (χ1v) is 9.32. The molecule has 5 heteroatoms. The van der Waals surface area contributed by atoms with E-state index in [-0.39, 0.29) is 6.54 Å². The number of benzene rings is 2. The fraction of sp³-hybridized carbons (Fsp3) is 0.333. The first kappa shape index (κ1) is 18.0. The standard InChI is InChI=1S/C18H22ClNO2S/c1-11-12(2)14(4)18(15(5)13(11)3)23(21,22)20-10-16-6-8-17(19)9-7-16/h6-9,20H,10H2,1-5H3. The summed E-state index contributed by atoms with van der Waals surface area (Å²) < 4.78 is 28.3. The monoisotopic (exact) mass is 351 g/mol. The molecule has 0 aliphatic carbocycles. The van der Waals surface area contributed by atoms with Crippen molar-refractivity contribution < 1.29 is 8.42 Å². The molecule has 0 atom stereocenters. The minimum Gasteiger partial charge on any atom is -0.207 e. The highest BCUT2D eigenvalue weighted by atomic mass is 35.5. The minimum atomic E-state index is -3.57. The number of halogens is 1. The van der Waals surface area contributed by atoms with Gasteiger partial charge in [0.1, 0.15) is 0 Å². The van der Waals surface area contributed by atoms with E-state index in [1.807, 2.05) is 46.8 Å². The summed E-state index contributed by atoms with van der Waals surface area (Å²) in [6, 6.07) is 7.14. The number of rotatable bonds is 4. The van der Waals surface area contributed by atoms with Crippen molar-refractivity contribution in [3.63, 3.8) is 0 Å². The quantitative estimate of drug-likeness (QED) is 0.889. The lowest BCUT2D eigenvalue weighted by Crippen LogP contribution is -2.25. The molecule has 0 fully saturated rings. The molecule has 0 radical (unpaired) electrons. The van der Waals surface area contributed by atoms with E-state index in [9.17, 15) is 8.42 Å². The fourth-order valence-electron chi connectivity index (χ4n) is 2.72. The van der Waals surface area contributed by atoms with Gasteiger partial charge in [0, 0.05) is 11.6 Å². The zero-order valence-corrected chi connectivity index (χ0v) is 15.7. The maximum atomic E-state index is 12.8. The van der Waals surface area contributed by atoms with E-state index in [0.717, 1.165) is 33.4 Å². The summed E-state index contributed by atoms with van der Waals surface area (Å²) in [5.74, 6) is 0. The van der Waals surface area contributed by atoms with Crippen molar-refractivity contribution in [1.29, 1.82) is 0 Å². The molecule has 0 unspecified atom stereocenters. The summed E-state index contributed by atoms with van der Waals surface area (Å²) in [6.07, 6.45) is 0. The van der Waals surface area contributed by atoms with Gasteiger partial charge in [-0.1, -0.05) is 23.7 Å². The number of nitrogens with one attached hydrogen (secondary N) is 1. The van der Waals surface area contributed by atoms with Crippen LogP contribution in [0.3, 0.4) is 0 Å². The molecule has 2 aromatic rings. The Labute approximate surface area is 143 Å². The normalized spacial score (nSPS) is 11.7. The van der Waals surface area contributed by atoms with Crippen LogP contribution in [0.1, 0.15) is 33.4 Å². The molecule has 0 bridgehead atoms. The SMILES string of the molecule is Cc1c(C)c(C)c(S(=O)(=O)NCc2ccc(Cl)cc2)c(C)c1C. The first-order chi connectivity index (χ1) is 10.6. The third-order valence-corrected chi connectivity index (χ3v) is 6.51. The summed E-state index contributed by atoms with van der Waals surface area (Å²) in [6.45, 7) is 9.94. The van der Waals surface area contributed by atoms with Crippen LogP contribution in [0, 0.1) is 34.6 Å². The van der Waals surface area contributed by atoms with Gasteiger partial charge in [-0.3, -0.25) is 0 Å². The molecule has 124 valence electrons. The van der Waals surface area contributed by atoms with Crippen LogP contribution < -0.4 is 4.72 Å². The van der Waals surface area contributed by atoms with E-state index in [0.29, 0.717) is 9.92 Å². The molecule has 0 aliphatic rings. The maximum absolute atomic E-state index is 12.8. The van der Waals surface area contributed by atoms with Crippen molar-refractivity contribution in [1.82, 2.24) is 4.72 Å². The number of hydrogen-bond donors (Lipinski definition) is 1. The number of sulfonamides is 1. The van der Waals surface area contributed by atoms with Gasteiger partial charge in [-0.25, -0.2) is 13.1 Å². The van der Waals surface area contributed by atoms with Crippen molar-refractivity contribution in [2.45, 2.75) is 46.1 Å². The van der Waals surface area contributed by atoms with E-state index >= 15 is 0 Å². The highest BCUT2D eigenvalue weighted by Crippen LogP contribution is 2.29. The highest BCUT2D eigenvalue weighted by Gasteiger charge is 2.23. The van der Waals surface area contributed by atoms with Gasteiger partial charge >= 0.3 is 0 Å². The Kier molecular flexibility index (Phi) is 5.19. The molecule has 2 rings (SSSR count). The predicted molar refractivity (Wildman–Crippen MR) is 95.6 cm³/mol. The van der Waals surface area contributed by atoms with Crippen LogP contribution in [-0.2, 0) is 16.6 Å². The molecule has 0 aliphatic heterocycles. The molecule has 3 nitrogen and oxygen atoms in total. The van der Waals surface area contributed by atoms with Crippen molar-refractivity contribution >= 4 is 21.6 Å². The summed E-state index contributed by atoms with van der Waals surface area (Å²) in [5.41, 5.74) is 5.70. The fourth-order valence-corrected chi connectivity index (χ4v) is 4.46. The Morgan fingerprint density at radius 1 is 0.826 bits per heavy atom. The van der Waals surface area contributed by atoms with E-state index < -0.39 is 10.0 Å². The molecular weight excluding hydrogens is 330 g/mol. The Bertz CT molecular complexity index is 811. The Hall–Kier alpha value is -1.36. The zero-order valence-electron chi connectivity index (χ0n) is 14.1. The maximum Gasteiger partial charge on any atom is 0.241 e. The van der Waals surface area contributed by atoms with Crippen LogP contribution in [0.4, 0.5) is 0 Å². The third kappa shape index (κ3) is 3.60. The van der Waals surface area contributed by atoms with Crippen LogP contribution in [-0.4, -0.2) is 8.42 Å². The van der Waals surface area contributed by atoms with E-state index in [1.165, 1.54) is 0 Å². The van der Waals surface area contributed by atoms with E-state index in [1.54, 1.807) is 12.1 Å². The van der Waals surface area contributed by atoms with E-state index in [4.69, 9.17) is 11.6 Å². The van der Waals surface area contributed by atoms with Gasteiger partial charge in [-0.15, -0.1) is 0 Å². The largest absolute Gasteiger partial charge is 0.241 e. The predicted octanol–water partition coefficient (Wildman–Crippen LogP) is 4.36. The van der Waals surface area contributed by atoms with Crippen LogP contribution in [0.5, 0.6) is 0 Å². The zero-order chi connectivity index (χ0) is 17.4. The van der Waals surface area contributed by atoms with Gasteiger partial charge in [0.25, 0.3) is 0 Å². The Balaban J connectivity index is 2.39. The summed E-state index contributed by atoms with van der Waals surface area (Å²) in [7, 11) is -3.57. The van der Waals surface area contributed by atoms with Gasteiger partial charge in [0.2, 0.25) is 10.0 Å². The van der Waals surface area contributed by atoms with Gasteiger partial charge in [0.05, 0.1) is 4.90 Å². The Morgan fingerprint density at radius 3 is 1.74 bits per heavy atom. The van der Waals surface area contributed by atoms with Crippen molar-refractivity contribution in [3.8, 4) is 0 Å². The lowest BCUT2D eigenvalue weighted by atomic mass is 9.95.